The second-order valence-corrected chi connectivity index (χ2v) is 10.7. The summed E-state index contributed by atoms with van der Waals surface area (Å²) in [7, 11) is 1.34. The van der Waals surface area contributed by atoms with Crippen LogP contribution in [0.2, 0.25) is 0 Å². The van der Waals surface area contributed by atoms with E-state index in [9.17, 15) is 14.7 Å². The van der Waals surface area contributed by atoms with Crippen molar-refractivity contribution in [3.63, 3.8) is 0 Å². The van der Waals surface area contributed by atoms with E-state index >= 15 is 0 Å². The molecule has 1 saturated heterocycles. The molecule has 0 aliphatic carbocycles. The van der Waals surface area contributed by atoms with Gasteiger partial charge in [-0.05, 0) is 38.6 Å². The Morgan fingerprint density at radius 3 is 2.50 bits per heavy atom. The van der Waals surface area contributed by atoms with Gasteiger partial charge in [-0.2, -0.15) is 9.97 Å². The molecule has 1 fully saturated rings. The van der Waals surface area contributed by atoms with Crippen LogP contribution in [0.25, 0.3) is 0 Å². The summed E-state index contributed by atoms with van der Waals surface area (Å²) in [5, 5.41) is 24.0. The molecule has 0 spiro atoms. The molecule has 3 aromatic rings. The first-order valence-corrected chi connectivity index (χ1v) is 13.0. The van der Waals surface area contributed by atoms with Crippen LogP contribution in [0.1, 0.15) is 38.2 Å². The van der Waals surface area contributed by atoms with Crippen LogP contribution in [0.15, 0.2) is 35.3 Å². The lowest BCUT2D eigenvalue weighted by Crippen LogP contribution is -2.44. The highest BCUT2D eigenvalue weighted by atomic mass is 32.2. The fourth-order valence-electron chi connectivity index (χ4n) is 3.99. The van der Waals surface area contributed by atoms with Gasteiger partial charge in [-0.15, -0.1) is 4.99 Å². The summed E-state index contributed by atoms with van der Waals surface area (Å²) in [5.74, 6) is -0.0545. The van der Waals surface area contributed by atoms with E-state index in [1.165, 1.54) is 0 Å². The standard InChI is InChI=1S/C24H29N7O4S/c1-4-36-20(22(34)35)15(2)26-24(36)29-23-27-18(13-19(28-23)31-11-9-30(3)10-12-31)25-14-16-5-7-17(8-6-16)21(32)33/h5-8,13H,4,9-12,14H2,1-3H3,(H3-,25,26,27,28,29,32,33,34,35). The van der Waals surface area contributed by atoms with E-state index in [-0.39, 0.29) is 16.4 Å². The van der Waals surface area contributed by atoms with E-state index in [1.54, 1.807) is 31.2 Å². The fraction of sp³-hybridized carbons (Fsp3) is 0.375. The number of likely N-dealkylation sites (N-methyl/N-ethyl adjacent to an activating group) is 1. The van der Waals surface area contributed by atoms with Crippen molar-refractivity contribution in [3.05, 3.63) is 56.8 Å². The van der Waals surface area contributed by atoms with Crippen molar-refractivity contribution in [2.75, 3.05) is 43.4 Å². The third kappa shape index (κ3) is 5.71. The number of aryl methyl sites for hydroxylation is 1. The van der Waals surface area contributed by atoms with Crippen LogP contribution in [-0.2, 0) is 12.3 Å². The van der Waals surface area contributed by atoms with E-state index in [0.29, 0.717) is 28.6 Å². The molecule has 1 aliphatic heterocycles. The number of aromatic carboxylic acids is 2. The number of piperazine rings is 1. The molecule has 11 nitrogen and oxygen atoms in total. The SMILES string of the molecule is CC[s+]1c(C(=O)[O-])c(C)[nH]c1=Nc1nc(NCc2ccc(C(=O)O)cc2)cc(N2CCN(C)CC2)n1. The minimum Gasteiger partial charge on any atom is -0.540 e. The summed E-state index contributed by atoms with van der Waals surface area (Å²) in [4.78, 5) is 44.9. The normalized spacial score (nSPS) is 15.2. The first-order valence-electron chi connectivity index (χ1n) is 11.6. The number of hydrogen-bond acceptors (Lipinski definition) is 9. The summed E-state index contributed by atoms with van der Waals surface area (Å²) in [6.07, 6.45) is 0. The van der Waals surface area contributed by atoms with Gasteiger partial charge in [0.1, 0.15) is 23.4 Å². The predicted molar refractivity (Wildman–Crippen MR) is 136 cm³/mol. The van der Waals surface area contributed by atoms with Crippen LogP contribution in [-0.4, -0.2) is 70.1 Å². The van der Waals surface area contributed by atoms with Gasteiger partial charge >= 0.3 is 10.8 Å². The Bertz CT molecular complexity index is 1330. The van der Waals surface area contributed by atoms with Crippen molar-refractivity contribution in [3.8, 4) is 0 Å². The minimum absolute atomic E-state index is 0.228. The third-order valence-electron chi connectivity index (χ3n) is 5.99. The van der Waals surface area contributed by atoms with Gasteiger partial charge in [0.25, 0.3) is 5.95 Å². The van der Waals surface area contributed by atoms with Gasteiger partial charge in [-0.3, -0.25) is 4.98 Å². The largest absolute Gasteiger partial charge is 0.540 e. The van der Waals surface area contributed by atoms with Gasteiger partial charge in [0.2, 0.25) is 4.88 Å². The second-order valence-electron chi connectivity index (χ2n) is 8.52. The lowest BCUT2D eigenvalue weighted by Gasteiger charge is -2.33. The van der Waals surface area contributed by atoms with Crippen molar-refractivity contribution in [1.29, 1.82) is 0 Å². The lowest BCUT2D eigenvalue weighted by atomic mass is 10.1. The van der Waals surface area contributed by atoms with Crippen molar-refractivity contribution in [2.45, 2.75) is 26.1 Å². The number of carbonyl (C=O) groups excluding carboxylic acids is 1. The maximum atomic E-state index is 11.7. The molecule has 190 valence electrons. The number of aromatic amines is 1. The number of carboxylic acid groups (broad SMARTS) is 2. The zero-order chi connectivity index (χ0) is 25.8. The van der Waals surface area contributed by atoms with Crippen molar-refractivity contribution >= 4 is 40.0 Å². The minimum atomic E-state index is -1.20. The Hall–Kier alpha value is -3.77. The number of nitrogens with one attached hydrogen (secondary N) is 2. The molecule has 1 unspecified atom stereocenters. The summed E-state index contributed by atoms with van der Waals surface area (Å²) in [6.45, 7) is 7.48. The number of anilines is 2. The Labute approximate surface area is 211 Å². The van der Waals surface area contributed by atoms with Crippen molar-refractivity contribution < 1.29 is 19.8 Å². The number of carboxylic acids is 2. The molecule has 0 saturated carbocycles. The van der Waals surface area contributed by atoms with Crippen LogP contribution < -0.4 is 20.1 Å². The van der Waals surface area contributed by atoms with Crippen LogP contribution in [0.3, 0.4) is 0 Å². The average molecular weight is 512 g/mol. The number of carbonyl (C=O) groups is 2. The van der Waals surface area contributed by atoms with E-state index in [0.717, 1.165) is 37.6 Å². The molecule has 2 aromatic heterocycles. The maximum Gasteiger partial charge on any atom is 0.348 e. The van der Waals surface area contributed by atoms with Crippen LogP contribution in [0, 0.1) is 6.92 Å². The first-order chi connectivity index (χ1) is 17.2. The van der Waals surface area contributed by atoms with E-state index in [2.05, 4.69) is 42.1 Å². The Kier molecular flexibility index (Phi) is 7.65. The van der Waals surface area contributed by atoms with Crippen LogP contribution >= 0.6 is 10.5 Å². The molecule has 0 bridgehead atoms. The number of aromatic nitrogens is 3. The maximum absolute atomic E-state index is 11.7. The number of nitrogens with zero attached hydrogens (tertiary/aromatic N) is 5. The van der Waals surface area contributed by atoms with E-state index in [1.807, 2.05) is 13.0 Å². The number of hydrogen-bond donors (Lipinski definition) is 3. The molecule has 1 atom stereocenters. The summed E-state index contributed by atoms with van der Waals surface area (Å²) < 4.78 is 0. The first kappa shape index (κ1) is 25.3. The second kappa shape index (κ2) is 10.9. The highest BCUT2D eigenvalue weighted by Crippen LogP contribution is 2.24. The zero-order valence-electron chi connectivity index (χ0n) is 20.4. The summed E-state index contributed by atoms with van der Waals surface area (Å²) in [6, 6.07) is 8.51. The highest BCUT2D eigenvalue weighted by Gasteiger charge is 2.23. The Balaban J connectivity index is 1.69. The van der Waals surface area contributed by atoms with Gasteiger partial charge in [0.15, 0.2) is 0 Å². The molecule has 12 heteroatoms. The molecular formula is C24H29N7O4S. The molecule has 0 radical (unpaired) electrons. The van der Waals surface area contributed by atoms with Crippen molar-refractivity contribution in [2.24, 2.45) is 4.99 Å². The van der Waals surface area contributed by atoms with Crippen molar-refractivity contribution in [1.82, 2.24) is 19.9 Å². The van der Waals surface area contributed by atoms with Gasteiger partial charge in [0, 0.05) is 49.3 Å². The lowest BCUT2D eigenvalue weighted by molar-refractivity contribution is -0.254. The molecule has 4 rings (SSSR count). The third-order valence-corrected chi connectivity index (χ3v) is 8.20. The molecule has 3 heterocycles. The summed E-state index contributed by atoms with van der Waals surface area (Å²) in [5.41, 5.74) is 1.65. The molecule has 36 heavy (non-hydrogen) atoms. The number of benzene rings is 1. The zero-order valence-corrected chi connectivity index (χ0v) is 21.3. The van der Waals surface area contributed by atoms with Gasteiger partial charge in [-0.25, -0.2) is 4.79 Å². The average Bonchev–Trinajstić information content (AvgIpc) is 3.18. The van der Waals surface area contributed by atoms with Crippen LogP contribution in [0.4, 0.5) is 17.6 Å². The van der Waals surface area contributed by atoms with E-state index in [4.69, 9.17) is 5.11 Å². The molecular weight excluding hydrogens is 482 g/mol. The quantitative estimate of drug-likeness (QED) is 0.383. The number of thiazole rings is 1. The predicted octanol–water partition coefficient (Wildman–Crippen LogP) is 1.54. The molecule has 1 aromatic carbocycles. The monoisotopic (exact) mass is 511 g/mol. The molecule has 0 amide bonds. The summed E-state index contributed by atoms with van der Waals surface area (Å²) >= 11 is 0. The Morgan fingerprint density at radius 1 is 1.19 bits per heavy atom. The molecule has 3 N–H and O–H groups in total. The van der Waals surface area contributed by atoms with Gasteiger partial charge < -0.3 is 30.1 Å². The smallest absolute Gasteiger partial charge is 0.348 e. The van der Waals surface area contributed by atoms with Gasteiger partial charge in [-0.1, -0.05) is 12.1 Å². The topological polar surface area (TPSA) is 150 Å². The number of H-pyrrole nitrogens is 1. The van der Waals surface area contributed by atoms with E-state index < -0.39 is 22.4 Å². The number of rotatable bonds is 8. The van der Waals surface area contributed by atoms with Gasteiger partial charge in [0.05, 0.1) is 11.3 Å². The highest BCUT2D eigenvalue weighted by molar-refractivity contribution is 7.30. The fourth-order valence-corrected chi connectivity index (χ4v) is 5.83. The molecule has 1 aliphatic rings. The Morgan fingerprint density at radius 2 is 1.89 bits per heavy atom. The van der Waals surface area contributed by atoms with Crippen LogP contribution in [0.5, 0.6) is 0 Å².